The van der Waals surface area contributed by atoms with Crippen LogP contribution in [-0.4, -0.2) is 28.4 Å². The van der Waals surface area contributed by atoms with Gasteiger partial charge in [0.25, 0.3) is 0 Å². The van der Waals surface area contributed by atoms with E-state index >= 15 is 0 Å². The molecule has 142 valence electrons. The molecule has 0 aliphatic rings. The number of fused-ring (bicyclic) bond motifs is 1. The maximum absolute atomic E-state index is 5.81. The Morgan fingerprint density at radius 3 is 1.85 bits per heavy atom. The van der Waals surface area contributed by atoms with Crippen LogP contribution in [0.1, 0.15) is 16.7 Å². The third-order valence-corrected chi connectivity index (χ3v) is 5.23. The average molecular weight is 366 g/mol. The molecule has 27 heavy (non-hydrogen) atoms. The summed E-state index contributed by atoms with van der Waals surface area (Å²) in [5.74, 6) is 3.32. The molecule has 0 amide bonds. The van der Waals surface area contributed by atoms with Gasteiger partial charge in [0.1, 0.15) is 23.0 Å². The zero-order chi connectivity index (χ0) is 19.7. The summed E-state index contributed by atoms with van der Waals surface area (Å²) in [5, 5.41) is 2.16. The highest BCUT2D eigenvalue weighted by atomic mass is 16.5. The van der Waals surface area contributed by atoms with Crippen molar-refractivity contribution in [1.29, 1.82) is 0 Å². The molecule has 0 saturated carbocycles. The summed E-state index contributed by atoms with van der Waals surface area (Å²) >= 11 is 0. The monoisotopic (exact) mass is 366 g/mol. The van der Waals surface area contributed by atoms with Crippen LogP contribution in [0, 0.1) is 20.8 Å². The lowest BCUT2D eigenvalue weighted by atomic mass is 9.91. The van der Waals surface area contributed by atoms with E-state index in [0.29, 0.717) is 0 Å². The second-order valence-corrected chi connectivity index (χ2v) is 6.58. The standard InChI is InChI=1S/C23H26O4/c1-13-14(2)23(27-7)21(15(3)22(13)26-6)19-11-16-8-9-18(24-4)10-17(16)12-20(19)25-5/h8-12H,1-7H3. The fourth-order valence-electron chi connectivity index (χ4n) is 3.72. The van der Waals surface area contributed by atoms with Crippen LogP contribution in [0.3, 0.4) is 0 Å². The zero-order valence-electron chi connectivity index (χ0n) is 17.0. The SMILES string of the molecule is COc1ccc2cc(-c3c(C)c(OC)c(C)c(C)c3OC)c(OC)cc2c1. The molecule has 0 saturated heterocycles. The lowest BCUT2D eigenvalue weighted by Gasteiger charge is -2.22. The van der Waals surface area contributed by atoms with Crippen LogP contribution in [-0.2, 0) is 0 Å². The molecule has 0 unspecified atom stereocenters. The first-order valence-corrected chi connectivity index (χ1v) is 8.84. The van der Waals surface area contributed by atoms with Crippen LogP contribution in [0.25, 0.3) is 21.9 Å². The van der Waals surface area contributed by atoms with Gasteiger partial charge in [-0.1, -0.05) is 6.07 Å². The summed E-state index contributed by atoms with van der Waals surface area (Å²) in [5.41, 5.74) is 5.15. The molecule has 3 aromatic rings. The first kappa shape index (κ1) is 18.9. The van der Waals surface area contributed by atoms with Crippen molar-refractivity contribution >= 4 is 10.8 Å². The van der Waals surface area contributed by atoms with E-state index in [-0.39, 0.29) is 0 Å². The number of hydrogen-bond acceptors (Lipinski definition) is 4. The van der Waals surface area contributed by atoms with Crippen molar-refractivity contribution < 1.29 is 18.9 Å². The topological polar surface area (TPSA) is 36.9 Å². The lowest BCUT2D eigenvalue weighted by Crippen LogP contribution is -2.02. The fraction of sp³-hybridized carbons (Fsp3) is 0.304. The van der Waals surface area contributed by atoms with Crippen molar-refractivity contribution in [3.05, 3.63) is 47.0 Å². The smallest absolute Gasteiger partial charge is 0.130 e. The van der Waals surface area contributed by atoms with Gasteiger partial charge >= 0.3 is 0 Å². The van der Waals surface area contributed by atoms with E-state index in [1.807, 2.05) is 18.2 Å². The predicted molar refractivity (Wildman–Crippen MR) is 110 cm³/mol. The molecule has 0 aromatic heterocycles. The van der Waals surface area contributed by atoms with Crippen LogP contribution < -0.4 is 18.9 Å². The van der Waals surface area contributed by atoms with E-state index in [2.05, 4.69) is 32.9 Å². The molecule has 0 spiro atoms. The molecular weight excluding hydrogens is 340 g/mol. The van der Waals surface area contributed by atoms with Gasteiger partial charge in [-0.25, -0.2) is 0 Å². The molecule has 4 heteroatoms. The molecule has 0 aliphatic heterocycles. The van der Waals surface area contributed by atoms with Crippen molar-refractivity contribution in [3.8, 4) is 34.1 Å². The van der Waals surface area contributed by atoms with Gasteiger partial charge in [-0.2, -0.15) is 0 Å². The van der Waals surface area contributed by atoms with Gasteiger partial charge in [0.2, 0.25) is 0 Å². The average Bonchev–Trinajstić information content (AvgIpc) is 2.69. The van der Waals surface area contributed by atoms with Crippen LogP contribution in [0.2, 0.25) is 0 Å². The highest BCUT2D eigenvalue weighted by Gasteiger charge is 2.22. The van der Waals surface area contributed by atoms with Crippen molar-refractivity contribution in [2.24, 2.45) is 0 Å². The first-order valence-electron chi connectivity index (χ1n) is 8.84. The Kier molecular flexibility index (Phi) is 5.17. The third-order valence-electron chi connectivity index (χ3n) is 5.23. The maximum atomic E-state index is 5.81. The third kappa shape index (κ3) is 3.05. The minimum absolute atomic E-state index is 0.780. The van der Waals surface area contributed by atoms with Crippen molar-refractivity contribution in [2.45, 2.75) is 20.8 Å². The van der Waals surface area contributed by atoms with Crippen molar-refractivity contribution in [1.82, 2.24) is 0 Å². The summed E-state index contributed by atoms with van der Waals surface area (Å²) in [6.45, 7) is 6.16. The van der Waals surface area contributed by atoms with Gasteiger partial charge in [0, 0.05) is 16.7 Å². The molecule has 0 atom stereocenters. The molecule has 3 rings (SSSR count). The first-order chi connectivity index (χ1) is 13.0. The predicted octanol–water partition coefficient (Wildman–Crippen LogP) is 5.47. The molecule has 0 N–H and O–H groups in total. The number of ether oxygens (including phenoxy) is 4. The van der Waals surface area contributed by atoms with Gasteiger partial charge < -0.3 is 18.9 Å². The molecular formula is C23H26O4. The highest BCUT2D eigenvalue weighted by Crippen LogP contribution is 2.47. The molecule has 4 nitrogen and oxygen atoms in total. The Morgan fingerprint density at radius 1 is 0.593 bits per heavy atom. The van der Waals surface area contributed by atoms with E-state index in [1.54, 1.807) is 28.4 Å². The van der Waals surface area contributed by atoms with E-state index in [9.17, 15) is 0 Å². The largest absolute Gasteiger partial charge is 0.497 e. The van der Waals surface area contributed by atoms with Gasteiger partial charge in [-0.3, -0.25) is 0 Å². The van der Waals surface area contributed by atoms with Crippen molar-refractivity contribution in [3.63, 3.8) is 0 Å². The number of rotatable bonds is 5. The molecule has 0 aliphatic carbocycles. The summed E-state index contributed by atoms with van der Waals surface area (Å²) in [6.07, 6.45) is 0. The minimum Gasteiger partial charge on any atom is -0.497 e. The molecule has 0 heterocycles. The summed E-state index contributed by atoms with van der Waals surface area (Å²) < 4.78 is 22.6. The Hall–Kier alpha value is -2.88. The Morgan fingerprint density at radius 2 is 1.26 bits per heavy atom. The van der Waals surface area contributed by atoms with Crippen LogP contribution in [0.5, 0.6) is 23.0 Å². The van der Waals surface area contributed by atoms with E-state index in [4.69, 9.17) is 18.9 Å². The molecule has 0 bridgehead atoms. The number of hydrogen-bond donors (Lipinski definition) is 0. The van der Waals surface area contributed by atoms with E-state index < -0.39 is 0 Å². The second-order valence-electron chi connectivity index (χ2n) is 6.58. The van der Waals surface area contributed by atoms with E-state index in [1.165, 1.54) is 0 Å². The van der Waals surface area contributed by atoms with Gasteiger partial charge in [-0.15, -0.1) is 0 Å². The van der Waals surface area contributed by atoms with Crippen LogP contribution in [0.15, 0.2) is 30.3 Å². The van der Waals surface area contributed by atoms with Crippen LogP contribution in [0.4, 0.5) is 0 Å². The van der Waals surface area contributed by atoms with Gasteiger partial charge in [-0.05, 0) is 66.9 Å². The molecule has 0 fully saturated rings. The summed E-state index contributed by atoms with van der Waals surface area (Å²) in [4.78, 5) is 0. The van der Waals surface area contributed by atoms with E-state index in [0.717, 1.165) is 61.6 Å². The second kappa shape index (κ2) is 7.39. The van der Waals surface area contributed by atoms with Crippen molar-refractivity contribution in [2.75, 3.05) is 28.4 Å². The zero-order valence-corrected chi connectivity index (χ0v) is 17.0. The Balaban J connectivity index is 2.39. The molecule has 0 radical (unpaired) electrons. The van der Waals surface area contributed by atoms with Gasteiger partial charge in [0.15, 0.2) is 0 Å². The summed E-state index contributed by atoms with van der Waals surface area (Å²) in [6, 6.07) is 10.2. The normalized spacial score (nSPS) is 10.8. The number of benzene rings is 3. The highest BCUT2D eigenvalue weighted by molar-refractivity contribution is 5.94. The van der Waals surface area contributed by atoms with Crippen LogP contribution >= 0.6 is 0 Å². The Bertz CT molecular complexity index is 1010. The molecule has 3 aromatic carbocycles. The summed E-state index contributed by atoms with van der Waals surface area (Å²) in [7, 11) is 6.76. The minimum atomic E-state index is 0.780. The Labute approximate surface area is 160 Å². The van der Waals surface area contributed by atoms with Gasteiger partial charge in [0.05, 0.1) is 28.4 Å². The maximum Gasteiger partial charge on any atom is 0.130 e. The quantitative estimate of drug-likeness (QED) is 0.600. The lowest BCUT2D eigenvalue weighted by molar-refractivity contribution is 0.395. The fourth-order valence-corrected chi connectivity index (χ4v) is 3.72. The number of methoxy groups -OCH3 is 4.